The number of hydrogen-bond donors (Lipinski definition) is 2. The number of amides is 1. The summed E-state index contributed by atoms with van der Waals surface area (Å²) < 4.78 is 5.28. The van der Waals surface area contributed by atoms with Crippen LogP contribution in [0.5, 0.6) is 0 Å². The number of carbonyl (C=O) groups is 3. The number of ether oxygens (including phenoxy) is 1. The molecule has 0 aromatic heterocycles. The molecule has 1 aromatic carbocycles. The van der Waals surface area contributed by atoms with Crippen LogP contribution in [-0.4, -0.2) is 76.2 Å². The van der Waals surface area contributed by atoms with Gasteiger partial charge in [0.1, 0.15) is 0 Å². The van der Waals surface area contributed by atoms with Crippen LogP contribution in [0.1, 0.15) is 32.8 Å². The zero-order valence-electron chi connectivity index (χ0n) is 19.1. The van der Waals surface area contributed by atoms with E-state index in [0.29, 0.717) is 24.8 Å². The van der Waals surface area contributed by atoms with Crippen molar-refractivity contribution in [3.05, 3.63) is 60.4 Å². The largest absolute Gasteiger partial charge is 0.489 e. The molecule has 2 N–H and O–H groups in total. The average molecular weight is 447 g/mol. The molecule has 0 bridgehead atoms. The molecule has 32 heavy (non-hydrogen) atoms. The van der Waals surface area contributed by atoms with Crippen LogP contribution in [0.4, 0.5) is 0 Å². The van der Waals surface area contributed by atoms with Gasteiger partial charge in [0.05, 0.1) is 6.61 Å². The fourth-order valence-electron chi connectivity index (χ4n) is 3.46. The van der Waals surface area contributed by atoms with Crippen molar-refractivity contribution in [3.8, 4) is 0 Å². The zero-order valence-corrected chi connectivity index (χ0v) is 19.1. The minimum Gasteiger partial charge on any atom is -0.489 e. The summed E-state index contributed by atoms with van der Waals surface area (Å²) in [6.07, 6.45) is 3.35. The van der Waals surface area contributed by atoms with Gasteiger partial charge in [-0.15, -0.1) is 0 Å². The molecule has 0 saturated carbocycles. The Morgan fingerprint density at radius 1 is 1.06 bits per heavy atom. The highest BCUT2D eigenvalue weighted by Crippen LogP contribution is 2.18. The number of carboxylic acids is 2. The van der Waals surface area contributed by atoms with E-state index in [-0.39, 0.29) is 17.7 Å². The van der Waals surface area contributed by atoms with Crippen molar-refractivity contribution in [2.24, 2.45) is 0 Å². The highest BCUT2D eigenvalue weighted by Gasteiger charge is 2.32. The van der Waals surface area contributed by atoms with Gasteiger partial charge in [-0.2, -0.15) is 0 Å². The highest BCUT2D eigenvalue weighted by atomic mass is 16.5. The van der Waals surface area contributed by atoms with Crippen LogP contribution in [0.3, 0.4) is 0 Å². The first-order valence-electron chi connectivity index (χ1n) is 10.7. The van der Waals surface area contributed by atoms with Crippen LogP contribution in [0, 0.1) is 0 Å². The molecule has 0 spiro atoms. The van der Waals surface area contributed by atoms with Gasteiger partial charge in [-0.3, -0.25) is 9.69 Å². The molecule has 2 rings (SSSR count). The highest BCUT2D eigenvalue weighted by molar-refractivity contribution is 5.91. The van der Waals surface area contributed by atoms with Crippen molar-refractivity contribution in [1.82, 2.24) is 9.80 Å². The Hall–Kier alpha value is -3.13. The second-order valence-electron chi connectivity index (χ2n) is 7.61. The van der Waals surface area contributed by atoms with Gasteiger partial charge in [-0.25, -0.2) is 9.59 Å². The van der Waals surface area contributed by atoms with E-state index in [1.807, 2.05) is 11.8 Å². The average Bonchev–Trinajstić information content (AvgIpc) is 2.75. The van der Waals surface area contributed by atoms with E-state index in [9.17, 15) is 14.4 Å². The van der Waals surface area contributed by atoms with Crippen LogP contribution in [-0.2, 0) is 25.5 Å². The molecule has 1 saturated heterocycles. The Kier molecular flexibility index (Phi) is 11.8. The maximum absolute atomic E-state index is 12.4. The molecule has 8 nitrogen and oxygen atoms in total. The van der Waals surface area contributed by atoms with Crippen molar-refractivity contribution in [2.45, 2.75) is 45.7 Å². The molecule has 1 amide bonds. The van der Waals surface area contributed by atoms with Crippen molar-refractivity contribution in [2.75, 3.05) is 26.2 Å². The van der Waals surface area contributed by atoms with Crippen LogP contribution in [0.2, 0.25) is 0 Å². The number of carbonyl (C=O) groups excluding carboxylic acids is 1. The lowest BCUT2D eigenvalue weighted by Gasteiger charge is -2.44. The second kappa shape index (κ2) is 14.0. The van der Waals surface area contributed by atoms with Gasteiger partial charge in [0.15, 0.2) is 5.76 Å². The third kappa shape index (κ3) is 9.78. The van der Waals surface area contributed by atoms with Crippen molar-refractivity contribution >= 4 is 17.8 Å². The summed E-state index contributed by atoms with van der Waals surface area (Å²) in [6.45, 7) is 13.1. The van der Waals surface area contributed by atoms with Crippen LogP contribution in [0.25, 0.3) is 0 Å². The molecule has 8 heteroatoms. The van der Waals surface area contributed by atoms with Gasteiger partial charge >= 0.3 is 11.9 Å². The van der Waals surface area contributed by atoms with E-state index in [4.69, 9.17) is 14.9 Å². The molecule has 1 heterocycles. The Morgan fingerprint density at radius 2 is 1.66 bits per heavy atom. The number of nitrogens with zero attached hydrogens (tertiary/aromatic N) is 2. The minimum absolute atomic E-state index is 0.0693. The first kappa shape index (κ1) is 26.9. The third-order valence-corrected chi connectivity index (χ3v) is 5.06. The summed E-state index contributed by atoms with van der Waals surface area (Å²) in [6, 6.07) is 11.1. The van der Waals surface area contributed by atoms with E-state index in [0.717, 1.165) is 32.5 Å². The molecule has 0 aliphatic carbocycles. The monoisotopic (exact) mass is 446 g/mol. The Labute approximate surface area is 189 Å². The minimum atomic E-state index is -1.26. The third-order valence-electron chi connectivity index (χ3n) is 5.06. The van der Waals surface area contributed by atoms with Crippen molar-refractivity contribution in [3.63, 3.8) is 0 Å². The summed E-state index contributed by atoms with van der Waals surface area (Å²) in [5, 5.41) is 15.6. The lowest BCUT2D eigenvalue weighted by atomic mass is 10.1. The molecule has 2 unspecified atom stereocenters. The number of hydrogen-bond acceptors (Lipinski definition) is 5. The van der Waals surface area contributed by atoms with Gasteiger partial charge in [0.2, 0.25) is 0 Å². The number of benzene rings is 1. The lowest BCUT2D eigenvalue weighted by Crippen LogP contribution is -2.58. The predicted octanol–water partition coefficient (Wildman–Crippen LogP) is 2.80. The molecular formula is C24H34N2O6. The molecule has 0 radical (unpaired) electrons. The molecule has 176 valence electrons. The number of aliphatic carboxylic acids is 2. The van der Waals surface area contributed by atoms with Crippen LogP contribution >= 0.6 is 0 Å². The van der Waals surface area contributed by atoms with E-state index >= 15 is 0 Å². The molecule has 2 atom stereocenters. The summed E-state index contributed by atoms with van der Waals surface area (Å²) in [7, 11) is 0. The second-order valence-corrected chi connectivity index (χ2v) is 7.61. The predicted molar refractivity (Wildman–Crippen MR) is 122 cm³/mol. The fraction of sp³-hybridized carbons (Fsp3) is 0.458. The normalized spacial score (nSPS) is 18.5. The van der Waals surface area contributed by atoms with E-state index in [1.54, 1.807) is 0 Å². The van der Waals surface area contributed by atoms with E-state index < -0.39 is 11.9 Å². The van der Waals surface area contributed by atoms with Crippen molar-refractivity contribution < 1.29 is 29.3 Å². The Bertz CT molecular complexity index is 777. The SMILES string of the molecule is C=C(OCC)C(=O)N1CC(C)N(CCCc2ccccc2)CC1C.O=C(O)C=CC(=O)O. The van der Waals surface area contributed by atoms with Gasteiger partial charge in [0, 0.05) is 37.3 Å². The Morgan fingerprint density at radius 3 is 2.19 bits per heavy atom. The number of rotatable bonds is 9. The van der Waals surface area contributed by atoms with Gasteiger partial charge in [-0.05, 0) is 45.7 Å². The van der Waals surface area contributed by atoms with Gasteiger partial charge < -0.3 is 19.8 Å². The molecule has 1 aromatic rings. The summed E-state index contributed by atoms with van der Waals surface area (Å²) in [4.78, 5) is 35.9. The van der Waals surface area contributed by atoms with Gasteiger partial charge in [0.25, 0.3) is 5.91 Å². The summed E-state index contributed by atoms with van der Waals surface area (Å²) in [5.41, 5.74) is 1.39. The van der Waals surface area contributed by atoms with E-state index in [1.165, 1.54) is 5.56 Å². The smallest absolute Gasteiger partial charge is 0.328 e. The van der Waals surface area contributed by atoms with Crippen LogP contribution < -0.4 is 0 Å². The van der Waals surface area contributed by atoms with Crippen molar-refractivity contribution in [1.29, 1.82) is 0 Å². The lowest BCUT2D eigenvalue weighted by molar-refractivity contribution is -0.136. The topological polar surface area (TPSA) is 107 Å². The number of piperazine rings is 1. The van der Waals surface area contributed by atoms with E-state index in [2.05, 4.69) is 55.7 Å². The van der Waals surface area contributed by atoms with Crippen LogP contribution in [0.15, 0.2) is 54.8 Å². The molecule has 1 aliphatic rings. The molecule has 1 fully saturated rings. The number of carboxylic acid groups (broad SMARTS) is 2. The molecular weight excluding hydrogens is 412 g/mol. The summed E-state index contributed by atoms with van der Waals surface area (Å²) >= 11 is 0. The summed E-state index contributed by atoms with van der Waals surface area (Å²) in [5.74, 6) is -2.32. The first-order valence-corrected chi connectivity index (χ1v) is 10.7. The quantitative estimate of drug-likeness (QED) is 0.444. The fourth-order valence-corrected chi connectivity index (χ4v) is 3.46. The first-order chi connectivity index (χ1) is 15.1. The number of aryl methyl sites for hydroxylation is 1. The molecule has 1 aliphatic heterocycles. The zero-order chi connectivity index (χ0) is 24.1. The Balaban J connectivity index is 0.000000547. The standard InChI is InChI=1S/C20H30N2O2.C4H4O4/c1-5-24-18(4)20(23)22-15-16(2)21(14-17(22)3)13-9-12-19-10-7-6-8-11-19;5-3(6)1-2-4(7)8/h6-8,10-11,16-17H,4-5,9,12-15H2,1-3H3;1-2H,(H,5,6)(H,7,8). The maximum Gasteiger partial charge on any atom is 0.328 e. The van der Waals surface area contributed by atoms with Gasteiger partial charge in [-0.1, -0.05) is 36.9 Å². The maximum atomic E-state index is 12.4.